The molecule has 0 radical (unpaired) electrons. The van der Waals surface area contributed by atoms with Gasteiger partial charge in [-0.25, -0.2) is 12.8 Å². The van der Waals surface area contributed by atoms with Crippen LogP contribution in [0, 0.1) is 5.82 Å². The number of nitrogens with zero attached hydrogens (tertiary/aromatic N) is 1. The standard InChI is InChI=1S/C21H16ClFN2O3S/c22-16-5-7-19(8-6-16)29(27,28)25-11-10-14-12-15(4-9-20(14)25)21(26)24-18-3-1-2-17(23)13-18/h1-9,12-13H,10-11H2,(H,24,26). The maximum atomic E-state index is 13.3. The molecule has 1 aliphatic heterocycles. The van der Waals surface area contributed by atoms with E-state index in [9.17, 15) is 17.6 Å². The summed E-state index contributed by atoms with van der Waals surface area (Å²) in [6.45, 7) is 0.287. The van der Waals surface area contributed by atoms with Gasteiger partial charge in [-0.3, -0.25) is 9.10 Å². The van der Waals surface area contributed by atoms with Gasteiger partial charge in [0, 0.05) is 22.8 Å². The Morgan fingerprint density at radius 2 is 1.79 bits per heavy atom. The van der Waals surface area contributed by atoms with Crippen LogP contribution in [0.1, 0.15) is 15.9 Å². The Labute approximate surface area is 172 Å². The minimum Gasteiger partial charge on any atom is -0.322 e. The number of amides is 1. The van der Waals surface area contributed by atoms with Crippen molar-refractivity contribution < 1.29 is 17.6 Å². The summed E-state index contributed by atoms with van der Waals surface area (Å²) in [6.07, 6.45) is 0.489. The maximum absolute atomic E-state index is 13.3. The van der Waals surface area contributed by atoms with Gasteiger partial charge in [-0.15, -0.1) is 0 Å². The van der Waals surface area contributed by atoms with Crippen molar-refractivity contribution >= 4 is 38.9 Å². The van der Waals surface area contributed by atoms with Crippen molar-refractivity contribution in [2.24, 2.45) is 0 Å². The van der Waals surface area contributed by atoms with Gasteiger partial charge in [0.05, 0.1) is 10.6 Å². The molecule has 0 spiro atoms. The average Bonchev–Trinajstić information content (AvgIpc) is 3.12. The molecule has 0 aromatic heterocycles. The van der Waals surface area contributed by atoms with Gasteiger partial charge in [0.2, 0.25) is 0 Å². The first-order chi connectivity index (χ1) is 13.8. The van der Waals surface area contributed by atoms with Crippen LogP contribution in [0.2, 0.25) is 5.02 Å². The smallest absolute Gasteiger partial charge is 0.264 e. The number of benzene rings is 3. The van der Waals surface area contributed by atoms with E-state index in [-0.39, 0.29) is 11.4 Å². The van der Waals surface area contributed by atoms with E-state index in [0.29, 0.717) is 28.4 Å². The zero-order chi connectivity index (χ0) is 20.6. The van der Waals surface area contributed by atoms with E-state index in [1.807, 2.05) is 0 Å². The molecule has 8 heteroatoms. The number of nitrogens with one attached hydrogen (secondary N) is 1. The Hall–Kier alpha value is -2.90. The van der Waals surface area contributed by atoms with Gasteiger partial charge in [0.25, 0.3) is 15.9 Å². The number of hydrogen-bond acceptors (Lipinski definition) is 3. The topological polar surface area (TPSA) is 66.5 Å². The molecule has 0 aliphatic carbocycles. The highest BCUT2D eigenvalue weighted by Crippen LogP contribution is 2.34. The predicted octanol–water partition coefficient (Wildman–Crippen LogP) is 4.48. The molecule has 3 aromatic rings. The van der Waals surface area contributed by atoms with Crippen molar-refractivity contribution in [1.29, 1.82) is 0 Å². The second-order valence-corrected chi connectivity index (χ2v) is 8.89. The van der Waals surface area contributed by atoms with Crippen molar-refractivity contribution in [1.82, 2.24) is 0 Å². The molecule has 148 valence electrons. The zero-order valence-corrected chi connectivity index (χ0v) is 16.7. The van der Waals surface area contributed by atoms with E-state index in [1.165, 1.54) is 46.8 Å². The number of carbonyl (C=O) groups is 1. The van der Waals surface area contributed by atoms with Crippen LogP contribution in [0.25, 0.3) is 0 Å². The highest BCUT2D eigenvalue weighted by molar-refractivity contribution is 7.92. The molecule has 5 nitrogen and oxygen atoms in total. The third-order valence-electron chi connectivity index (χ3n) is 4.68. The third-order valence-corrected chi connectivity index (χ3v) is 6.76. The quantitative estimate of drug-likeness (QED) is 0.663. The molecule has 0 atom stereocenters. The Morgan fingerprint density at radius 1 is 1.03 bits per heavy atom. The number of sulfonamides is 1. The van der Waals surface area contributed by atoms with Crippen molar-refractivity contribution in [2.75, 3.05) is 16.2 Å². The van der Waals surface area contributed by atoms with Crippen molar-refractivity contribution in [3.63, 3.8) is 0 Å². The van der Waals surface area contributed by atoms with Crippen LogP contribution in [0.5, 0.6) is 0 Å². The molecule has 0 saturated heterocycles. The largest absolute Gasteiger partial charge is 0.322 e. The fourth-order valence-electron chi connectivity index (χ4n) is 3.27. The first-order valence-electron chi connectivity index (χ1n) is 8.83. The van der Waals surface area contributed by atoms with Gasteiger partial charge in [0.15, 0.2) is 0 Å². The third kappa shape index (κ3) is 3.83. The van der Waals surface area contributed by atoms with Crippen LogP contribution in [0.4, 0.5) is 15.8 Å². The minimum absolute atomic E-state index is 0.155. The molecular formula is C21H16ClFN2O3S. The summed E-state index contributed by atoms with van der Waals surface area (Å²) in [5, 5.41) is 3.10. The summed E-state index contributed by atoms with van der Waals surface area (Å²) < 4.78 is 40.6. The number of anilines is 2. The van der Waals surface area contributed by atoms with Gasteiger partial charge < -0.3 is 5.32 Å². The Kier molecular flexibility index (Phi) is 5.02. The van der Waals surface area contributed by atoms with Crippen molar-refractivity contribution in [3.8, 4) is 0 Å². The minimum atomic E-state index is -3.72. The average molecular weight is 431 g/mol. The fourth-order valence-corrected chi connectivity index (χ4v) is 4.89. The van der Waals surface area contributed by atoms with Gasteiger partial charge in [-0.1, -0.05) is 17.7 Å². The molecule has 29 heavy (non-hydrogen) atoms. The van der Waals surface area contributed by atoms with E-state index >= 15 is 0 Å². The lowest BCUT2D eigenvalue weighted by Gasteiger charge is -2.19. The molecule has 4 rings (SSSR count). The van der Waals surface area contributed by atoms with Crippen molar-refractivity contribution in [3.05, 3.63) is 88.7 Å². The molecule has 1 heterocycles. The molecule has 0 saturated carbocycles. The highest BCUT2D eigenvalue weighted by Gasteiger charge is 2.31. The molecular weight excluding hydrogens is 415 g/mol. The van der Waals surface area contributed by atoms with Crippen LogP contribution >= 0.6 is 11.6 Å². The summed E-state index contributed by atoms with van der Waals surface area (Å²) in [7, 11) is -3.72. The molecule has 3 aromatic carbocycles. The van der Waals surface area contributed by atoms with Crippen molar-refractivity contribution in [2.45, 2.75) is 11.3 Å². The molecule has 1 amide bonds. The van der Waals surface area contributed by atoms with Crippen LogP contribution in [0.15, 0.2) is 71.6 Å². The Balaban J connectivity index is 1.59. The zero-order valence-electron chi connectivity index (χ0n) is 15.1. The second kappa shape index (κ2) is 7.50. The summed E-state index contributed by atoms with van der Waals surface area (Å²) in [6, 6.07) is 16.5. The van der Waals surface area contributed by atoms with Crippen LogP contribution in [0.3, 0.4) is 0 Å². The number of hydrogen-bond donors (Lipinski definition) is 1. The molecule has 1 aliphatic rings. The molecule has 0 fully saturated rings. The molecule has 0 unspecified atom stereocenters. The summed E-state index contributed by atoms with van der Waals surface area (Å²) in [5.74, 6) is -0.836. The molecule has 0 bridgehead atoms. The van der Waals surface area contributed by atoms with Gasteiger partial charge in [-0.05, 0) is 72.6 Å². The van der Waals surface area contributed by atoms with Crippen LogP contribution in [-0.4, -0.2) is 20.9 Å². The van der Waals surface area contributed by atoms with E-state index in [4.69, 9.17) is 11.6 Å². The fraction of sp³-hybridized carbons (Fsp3) is 0.0952. The lowest BCUT2D eigenvalue weighted by Crippen LogP contribution is -2.29. The van der Waals surface area contributed by atoms with E-state index < -0.39 is 21.7 Å². The van der Waals surface area contributed by atoms with Gasteiger partial charge in [0.1, 0.15) is 5.82 Å². The highest BCUT2D eigenvalue weighted by atomic mass is 35.5. The van der Waals surface area contributed by atoms with Gasteiger partial charge >= 0.3 is 0 Å². The number of halogens is 2. The maximum Gasteiger partial charge on any atom is 0.264 e. The second-order valence-electron chi connectivity index (χ2n) is 6.59. The first-order valence-corrected chi connectivity index (χ1v) is 10.6. The number of carbonyl (C=O) groups excluding carboxylic acids is 1. The van der Waals surface area contributed by atoms with Gasteiger partial charge in [-0.2, -0.15) is 0 Å². The van der Waals surface area contributed by atoms with Crippen LogP contribution in [-0.2, 0) is 16.4 Å². The summed E-state index contributed by atoms with van der Waals surface area (Å²) in [4.78, 5) is 12.6. The number of fused-ring (bicyclic) bond motifs is 1. The predicted molar refractivity (Wildman–Crippen MR) is 110 cm³/mol. The van der Waals surface area contributed by atoms with E-state index in [0.717, 1.165) is 5.56 Å². The lowest BCUT2D eigenvalue weighted by molar-refractivity contribution is 0.102. The summed E-state index contributed by atoms with van der Waals surface area (Å²) in [5.41, 5.74) is 2.03. The van der Waals surface area contributed by atoms with E-state index in [1.54, 1.807) is 24.3 Å². The SMILES string of the molecule is O=C(Nc1cccc(F)c1)c1ccc2c(c1)CCN2S(=O)(=O)c1ccc(Cl)cc1. The Morgan fingerprint density at radius 3 is 2.52 bits per heavy atom. The first kappa shape index (κ1) is 19.4. The number of rotatable bonds is 4. The summed E-state index contributed by atoms with van der Waals surface area (Å²) >= 11 is 5.85. The Bertz CT molecular complexity index is 1200. The molecule has 1 N–H and O–H groups in total. The normalized spacial score (nSPS) is 13.2. The monoisotopic (exact) mass is 430 g/mol. The lowest BCUT2D eigenvalue weighted by atomic mass is 10.1. The van der Waals surface area contributed by atoms with E-state index in [2.05, 4.69) is 5.32 Å². The van der Waals surface area contributed by atoms with Crippen LogP contribution < -0.4 is 9.62 Å².